The van der Waals surface area contributed by atoms with E-state index in [0.29, 0.717) is 16.8 Å². The van der Waals surface area contributed by atoms with Crippen molar-refractivity contribution in [3.63, 3.8) is 0 Å². The second-order valence-corrected chi connectivity index (χ2v) is 8.81. The van der Waals surface area contributed by atoms with Gasteiger partial charge in [-0.1, -0.05) is 0 Å². The summed E-state index contributed by atoms with van der Waals surface area (Å²) in [4.78, 5) is 29.2. The lowest BCUT2D eigenvalue weighted by Crippen LogP contribution is -2.48. The summed E-state index contributed by atoms with van der Waals surface area (Å²) in [7, 11) is 0. The fourth-order valence-corrected chi connectivity index (χ4v) is 6.26. The van der Waals surface area contributed by atoms with Crippen LogP contribution in [0.15, 0.2) is 5.38 Å². The number of carbonyl (C=O) groups excluding carboxylic acids is 2. The number of rotatable bonds is 5. The van der Waals surface area contributed by atoms with Crippen LogP contribution in [0.4, 0.5) is 0 Å². The highest BCUT2D eigenvalue weighted by molar-refractivity contribution is 7.09. The van der Waals surface area contributed by atoms with E-state index in [4.69, 9.17) is 4.74 Å². The third-order valence-electron chi connectivity index (χ3n) is 6.19. The van der Waals surface area contributed by atoms with Crippen LogP contribution in [0.2, 0.25) is 0 Å². The van der Waals surface area contributed by atoms with Crippen LogP contribution in [0, 0.1) is 47.8 Å². The van der Waals surface area contributed by atoms with Gasteiger partial charge in [-0.15, -0.1) is 11.3 Å². The van der Waals surface area contributed by atoms with E-state index < -0.39 is 5.92 Å². The van der Waals surface area contributed by atoms with Crippen molar-refractivity contribution in [2.75, 3.05) is 6.61 Å². The Bertz CT molecular complexity index is 707. The van der Waals surface area contributed by atoms with Gasteiger partial charge in [0.15, 0.2) is 18.3 Å². The van der Waals surface area contributed by atoms with E-state index in [2.05, 4.69) is 4.98 Å². The largest absolute Gasteiger partial charge is 0.457 e. The molecule has 0 N–H and O–H groups in total. The number of ketones is 1. The first kappa shape index (κ1) is 16.7. The Kier molecular flexibility index (Phi) is 4.36. The number of aromatic nitrogens is 1. The minimum atomic E-state index is -0.940. The number of hydrogen-bond acceptors (Lipinski definition) is 6. The molecule has 1 heterocycles. The second-order valence-electron chi connectivity index (χ2n) is 7.92. The van der Waals surface area contributed by atoms with Gasteiger partial charge in [0.1, 0.15) is 5.01 Å². The van der Waals surface area contributed by atoms with E-state index in [1.54, 1.807) is 0 Å². The summed E-state index contributed by atoms with van der Waals surface area (Å²) < 4.78 is 5.38. The predicted molar refractivity (Wildman–Crippen MR) is 91.7 cm³/mol. The van der Waals surface area contributed by atoms with Gasteiger partial charge in [0.25, 0.3) is 0 Å². The van der Waals surface area contributed by atoms with Crippen LogP contribution < -0.4 is 0 Å². The zero-order valence-electron chi connectivity index (χ0n) is 14.3. The Morgan fingerprint density at radius 2 is 1.92 bits per heavy atom. The molecule has 25 heavy (non-hydrogen) atoms. The normalized spacial score (nSPS) is 33.7. The molecule has 4 fully saturated rings. The second kappa shape index (κ2) is 6.53. The van der Waals surface area contributed by atoms with Crippen LogP contribution in [-0.2, 0) is 14.3 Å². The van der Waals surface area contributed by atoms with E-state index in [0.717, 1.165) is 43.2 Å². The molecule has 4 aliphatic carbocycles. The van der Waals surface area contributed by atoms with Gasteiger partial charge in [-0.05, 0) is 62.7 Å². The molecule has 0 aliphatic heterocycles. The summed E-state index contributed by atoms with van der Waals surface area (Å²) in [5.41, 5.74) is 0.790. The average molecular weight is 358 g/mol. The van der Waals surface area contributed by atoms with Crippen LogP contribution in [0.3, 0.4) is 0 Å². The van der Waals surface area contributed by atoms with E-state index in [1.165, 1.54) is 17.8 Å². The summed E-state index contributed by atoms with van der Waals surface area (Å²) in [6.07, 6.45) is 5.89. The molecule has 0 aromatic carbocycles. The number of esters is 1. The highest BCUT2D eigenvalue weighted by Gasteiger charge is 2.51. The van der Waals surface area contributed by atoms with Crippen molar-refractivity contribution < 1.29 is 14.3 Å². The van der Waals surface area contributed by atoms with Crippen LogP contribution >= 0.6 is 11.3 Å². The lowest BCUT2D eigenvalue weighted by Gasteiger charge is -2.53. The van der Waals surface area contributed by atoms with Gasteiger partial charge < -0.3 is 4.74 Å². The molecule has 6 heteroatoms. The number of ether oxygens (including phenoxy) is 1. The summed E-state index contributed by atoms with van der Waals surface area (Å²) in [6.45, 7) is 1.50. The van der Waals surface area contributed by atoms with Crippen molar-refractivity contribution in [1.82, 2.24) is 4.98 Å². The van der Waals surface area contributed by atoms with Crippen LogP contribution in [-0.4, -0.2) is 23.3 Å². The molecule has 0 saturated heterocycles. The summed E-state index contributed by atoms with van der Waals surface area (Å²) in [5.74, 6) is 0.879. The van der Waals surface area contributed by atoms with Gasteiger partial charge in [0.05, 0.1) is 12.0 Å². The lowest BCUT2D eigenvalue weighted by molar-refractivity contribution is -0.164. The lowest BCUT2D eigenvalue weighted by atomic mass is 9.52. The maximum absolute atomic E-state index is 12.6. The van der Waals surface area contributed by atoms with E-state index in [9.17, 15) is 14.9 Å². The molecule has 0 amide bonds. The smallest absolute Gasteiger partial charge is 0.309 e. The topological polar surface area (TPSA) is 80.0 Å². The predicted octanol–water partition coefficient (Wildman–Crippen LogP) is 3.24. The molecule has 4 saturated carbocycles. The third-order valence-corrected chi connectivity index (χ3v) is 7.22. The van der Waals surface area contributed by atoms with Crippen LogP contribution in [0.5, 0.6) is 0 Å². The van der Waals surface area contributed by atoms with Crippen LogP contribution in [0.1, 0.15) is 48.7 Å². The van der Waals surface area contributed by atoms with Crippen molar-refractivity contribution in [2.24, 2.45) is 29.6 Å². The molecule has 1 aromatic heterocycles. The molecule has 4 bridgehead atoms. The Hall–Kier alpha value is -1.74. The van der Waals surface area contributed by atoms with E-state index >= 15 is 0 Å². The molecule has 0 spiro atoms. The maximum atomic E-state index is 12.6. The quantitative estimate of drug-likeness (QED) is 0.755. The highest BCUT2D eigenvalue weighted by atomic mass is 32.1. The third kappa shape index (κ3) is 3.10. The Morgan fingerprint density at radius 1 is 1.28 bits per heavy atom. The number of Topliss-reactive ketones (excluding diaryl/α,β-unsaturated/α-hetero) is 1. The number of nitrogens with zero attached hydrogens (tertiary/aromatic N) is 2. The molecular formula is C19H22N2O3S. The van der Waals surface area contributed by atoms with Gasteiger partial charge >= 0.3 is 5.97 Å². The molecule has 0 unspecified atom stereocenters. The van der Waals surface area contributed by atoms with E-state index in [1.807, 2.05) is 18.4 Å². The van der Waals surface area contributed by atoms with Crippen molar-refractivity contribution >= 4 is 23.1 Å². The number of carbonyl (C=O) groups is 2. The summed E-state index contributed by atoms with van der Waals surface area (Å²) in [5, 5.41) is 11.6. The van der Waals surface area contributed by atoms with Crippen molar-refractivity contribution in [3.05, 3.63) is 16.1 Å². The minimum Gasteiger partial charge on any atom is -0.457 e. The van der Waals surface area contributed by atoms with Gasteiger partial charge in [-0.2, -0.15) is 5.26 Å². The van der Waals surface area contributed by atoms with Crippen LogP contribution in [0.25, 0.3) is 0 Å². The summed E-state index contributed by atoms with van der Waals surface area (Å²) >= 11 is 1.30. The molecule has 5 rings (SSSR count). The molecule has 1 aromatic rings. The average Bonchev–Trinajstić information content (AvgIpc) is 2.98. The van der Waals surface area contributed by atoms with Gasteiger partial charge in [0, 0.05) is 11.1 Å². The maximum Gasteiger partial charge on any atom is 0.309 e. The fourth-order valence-electron chi connectivity index (χ4n) is 5.40. The SMILES string of the molecule is Cc1csc([C@@H](C#N)C(=O)COC(=O)C2C3CC4CC(C3)CC2C4)n1. The molecule has 1 atom stereocenters. The monoisotopic (exact) mass is 358 g/mol. The molecule has 0 radical (unpaired) electrons. The standard InChI is InChI=1S/C19H22N2O3S/c1-10-9-25-18(21-10)15(7-20)16(22)8-24-19(23)17-13-3-11-2-12(5-13)6-14(17)4-11/h9,11-15,17H,2-6,8H2,1H3/t11?,12?,13?,14?,15-,17?/m0/s1. The zero-order chi connectivity index (χ0) is 17.6. The minimum absolute atomic E-state index is 0.0387. The van der Waals surface area contributed by atoms with E-state index in [-0.39, 0.29) is 24.3 Å². The highest BCUT2D eigenvalue weighted by Crippen LogP contribution is 2.56. The van der Waals surface area contributed by atoms with Gasteiger partial charge in [0.2, 0.25) is 0 Å². The Labute approximate surface area is 151 Å². The molecule has 5 nitrogen and oxygen atoms in total. The van der Waals surface area contributed by atoms with Gasteiger partial charge in [-0.25, -0.2) is 4.98 Å². The number of nitriles is 1. The number of thiazole rings is 1. The zero-order valence-corrected chi connectivity index (χ0v) is 15.1. The van der Waals surface area contributed by atoms with Crippen molar-refractivity contribution in [2.45, 2.75) is 44.9 Å². The van der Waals surface area contributed by atoms with Crippen molar-refractivity contribution in [1.29, 1.82) is 5.26 Å². The molecule has 132 valence electrons. The first-order valence-electron chi connectivity index (χ1n) is 9.06. The number of hydrogen-bond donors (Lipinski definition) is 0. The fraction of sp³-hybridized carbons (Fsp3) is 0.684. The summed E-state index contributed by atoms with van der Waals surface area (Å²) in [6, 6.07) is 1.99. The first-order valence-corrected chi connectivity index (χ1v) is 9.94. The molecule has 4 aliphatic rings. The first-order chi connectivity index (χ1) is 12.0. The van der Waals surface area contributed by atoms with Gasteiger partial charge in [-0.3, -0.25) is 9.59 Å². The van der Waals surface area contributed by atoms with Crippen molar-refractivity contribution in [3.8, 4) is 6.07 Å². The molecular weight excluding hydrogens is 336 g/mol. The Morgan fingerprint density at radius 3 is 2.44 bits per heavy atom. The number of aryl methyl sites for hydroxylation is 1. The Balaban J connectivity index is 1.37.